The number of esters is 2. The molecule has 0 bridgehead atoms. The summed E-state index contributed by atoms with van der Waals surface area (Å²) >= 11 is 3.24. The van der Waals surface area contributed by atoms with Crippen LogP contribution in [-0.4, -0.2) is 17.0 Å². The van der Waals surface area contributed by atoms with Crippen LogP contribution >= 0.6 is 15.9 Å². The van der Waals surface area contributed by atoms with Crippen molar-refractivity contribution in [2.75, 3.05) is 0 Å². The van der Waals surface area contributed by atoms with Gasteiger partial charge in [0.25, 0.3) is 0 Å². The molecule has 0 heterocycles. The van der Waals surface area contributed by atoms with Gasteiger partial charge in [-0.3, -0.25) is 9.59 Å². The lowest BCUT2D eigenvalue weighted by Gasteiger charge is -2.12. The Morgan fingerprint density at radius 2 is 1.55 bits per heavy atom. The van der Waals surface area contributed by atoms with E-state index in [1.807, 2.05) is 0 Å². The number of ether oxygens (including phenoxy) is 2. The van der Waals surface area contributed by atoms with E-state index < -0.39 is 11.9 Å². The van der Waals surface area contributed by atoms with Crippen LogP contribution in [0.3, 0.4) is 0 Å². The third-order valence-corrected chi connectivity index (χ3v) is 3.33. The largest absolute Gasteiger partial charge is 0.507 e. The molecule has 6 heteroatoms. The zero-order valence-electron chi connectivity index (χ0n) is 10.8. The number of benzene rings is 2. The quantitative estimate of drug-likeness (QED) is 0.672. The SMILES string of the molecule is CC(=O)Oc1ccc(OC(C)=O)c2c(Br)c(O)ccc12. The molecule has 20 heavy (non-hydrogen) atoms. The fourth-order valence-electron chi connectivity index (χ4n) is 1.82. The lowest BCUT2D eigenvalue weighted by molar-refractivity contribution is -0.132. The second-order valence-corrected chi connectivity index (χ2v) is 4.86. The molecule has 2 aromatic rings. The van der Waals surface area contributed by atoms with E-state index >= 15 is 0 Å². The van der Waals surface area contributed by atoms with Gasteiger partial charge in [-0.1, -0.05) is 0 Å². The van der Waals surface area contributed by atoms with Crippen LogP contribution in [-0.2, 0) is 9.59 Å². The number of carbonyl (C=O) groups excluding carboxylic acids is 2. The molecule has 0 radical (unpaired) electrons. The second kappa shape index (κ2) is 5.50. The average Bonchev–Trinajstić information content (AvgIpc) is 2.35. The smallest absolute Gasteiger partial charge is 0.308 e. The molecule has 0 amide bonds. The Bertz CT molecular complexity index is 708. The average molecular weight is 339 g/mol. The Kier molecular flexibility index (Phi) is 3.94. The number of halogens is 1. The Morgan fingerprint density at radius 1 is 1.00 bits per heavy atom. The van der Waals surface area contributed by atoms with Gasteiger partial charge < -0.3 is 14.6 Å². The van der Waals surface area contributed by atoms with Gasteiger partial charge in [0.1, 0.15) is 17.2 Å². The summed E-state index contributed by atoms with van der Waals surface area (Å²) in [4.78, 5) is 22.2. The molecule has 2 rings (SSSR count). The number of hydrogen-bond acceptors (Lipinski definition) is 5. The zero-order valence-corrected chi connectivity index (χ0v) is 12.4. The van der Waals surface area contributed by atoms with Crippen molar-refractivity contribution in [3.63, 3.8) is 0 Å². The third-order valence-electron chi connectivity index (χ3n) is 2.53. The van der Waals surface area contributed by atoms with Crippen molar-refractivity contribution >= 4 is 38.6 Å². The monoisotopic (exact) mass is 338 g/mol. The molecule has 0 unspecified atom stereocenters. The Balaban J connectivity index is 2.74. The normalized spacial score (nSPS) is 10.3. The summed E-state index contributed by atoms with van der Waals surface area (Å²) in [6.07, 6.45) is 0. The molecule has 0 atom stereocenters. The Morgan fingerprint density at radius 3 is 2.15 bits per heavy atom. The minimum atomic E-state index is -0.484. The first kappa shape index (κ1) is 14.3. The molecule has 0 aliphatic carbocycles. The first-order valence-electron chi connectivity index (χ1n) is 5.71. The van der Waals surface area contributed by atoms with Crippen LogP contribution in [0, 0.1) is 0 Å². The molecule has 0 aromatic heterocycles. The minimum Gasteiger partial charge on any atom is -0.507 e. The predicted octanol–water partition coefficient (Wildman–Crippen LogP) is 3.16. The van der Waals surface area contributed by atoms with Crippen LogP contribution in [0.25, 0.3) is 10.8 Å². The molecule has 0 fully saturated rings. The number of fused-ring (bicyclic) bond motifs is 1. The van der Waals surface area contributed by atoms with Gasteiger partial charge in [0.15, 0.2) is 0 Å². The van der Waals surface area contributed by atoms with Gasteiger partial charge in [-0.15, -0.1) is 0 Å². The van der Waals surface area contributed by atoms with Crippen LogP contribution < -0.4 is 9.47 Å². The van der Waals surface area contributed by atoms with E-state index in [1.165, 1.54) is 32.0 Å². The standard InChI is InChI=1S/C14H11BrO5/c1-7(16)19-11-5-6-12(20-8(2)17)13-9(11)3-4-10(18)14(13)15/h3-6,18H,1-2H3. The van der Waals surface area contributed by atoms with Crippen LogP contribution in [0.2, 0.25) is 0 Å². The number of rotatable bonds is 2. The first-order chi connectivity index (χ1) is 9.40. The van der Waals surface area contributed by atoms with E-state index in [2.05, 4.69) is 15.9 Å². The Labute approximate surface area is 123 Å². The highest BCUT2D eigenvalue weighted by Gasteiger charge is 2.16. The van der Waals surface area contributed by atoms with E-state index in [0.717, 1.165) is 0 Å². The maximum atomic E-state index is 11.1. The van der Waals surface area contributed by atoms with E-state index in [1.54, 1.807) is 6.07 Å². The van der Waals surface area contributed by atoms with Crippen molar-refractivity contribution in [1.82, 2.24) is 0 Å². The molecular formula is C14H11BrO5. The highest BCUT2D eigenvalue weighted by Crippen LogP contribution is 2.42. The summed E-state index contributed by atoms with van der Waals surface area (Å²) in [5.41, 5.74) is 0. The highest BCUT2D eigenvalue weighted by molar-refractivity contribution is 9.10. The number of phenolic OH excluding ortho intramolecular Hbond substituents is 1. The van der Waals surface area contributed by atoms with Crippen LogP contribution in [0.15, 0.2) is 28.7 Å². The fraction of sp³-hybridized carbons (Fsp3) is 0.143. The molecule has 0 saturated carbocycles. The summed E-state index contributed by atoms with van der Waals surface area (Å²) < 4.78 is 10.6. The summed E-state index contributed by atoms with van der Waals surface area (Å²) in [6, 6.07) is 6.08. The van der Waals surface area contributed by atoms with E-state index in [0.29, 0.717) is 21.0 Å². The molecule has 0 spiro atoms. The van der Waals surface area contributed by atoms with Gasteiger partial charge in [-0.05, 0) is 40.2 Å². The van der Waals surface area contributed by atoms with E-state index in [9.17, 15) is 14.7 Å². The van der Waals surface area contributed by atoms with Gasteiger partial charge in [-0.2, -0.15) is 0 Å². The number of carbonyl (C=O) groups is 2. The Hall–Kier alpha value is -2.08. The zero-order chi connectivity index (χ0) is 14.9. The number of aromatic hydroxyl groups is 1. The molecule has 0 aliphatic heterocycles. The molecule has 0 aliphatic rings. The maximum Gasteiger partial charge on any atom is 0.308 e. The molecule has 5 nitrogen and oxygen atoms in total. The van der Waals surface area contributed by atoms with Crippen LogP contribution in [0.1, 0.15) is 13.8 Å². The molecule has 0 saturated heterocycles. The second-order valence-electron chi connectivity index (χ2n) is 4.07. The van der Waals surface area contributed by atoms with Gasteiger partial charge in [-0.25, -0.2) is 0 Å². The van der Waals surface area contributed by atoms with Gasteiger partial charge in [0, 0.05) is 24.6 Å². The summed E-state index contributed by atoms with van der Waals surface area (Å²) in [5.74, 6) is -0.362. The molecule has 1 N–H and O–H groups in total. The lowest BCUT2D eigenvalue weighted by atomic mass is 10.1. The minimum absolute atomic E-state index is 0.00845. The number of phenols is 1. The highest BCUT2D eigenvalue weighted by atomic mass is 79.9. The molecule has 2 aromatic carbocycles. The third kappa shape index (κ3) is 2.75. The van der Waals surface area contributed by atoms with Gasteiger partial charge in [0.05, 0.1) is 4.47 Å². The summed E-state index contributed by atoms with van der Waals surface area (Å²) in [6.45, 7) is 2.57. The van der Waals surface area contributed by atoms with Crippen molar-refractivity contribution in [2.45, 2.75) is 13.8 Å². The summed E-state index contributed by atoms with van der Waals surface area (Å²) in [5, 5.41) is 10.8. The van der Waals surface area contributed by atoms with Crippen molar-refractivity contribution in [2.24, 2.45) is 0 Å². The van der Waals surface area contributed by atoms with E-state index in [-0.39, 0.29) is 11.5 Å². The predicted molar refractivity (Wildman–Crippen MR) is 75.9 cm³/mol. The van der Waals surface area contributed by atoms with Gasteiger partial charge in [0.2, 0.25) is 0 Å². The van der Waals surface area contributed by atoms with Crippen molar-refractivity contribution in [3.8, 4) is 17.2 Å². The topological polar surface area (TPSA) is 72.8 Å². The van der Waals surface area contributed by atoms with E-state index in [4.69, 9.17) is 9.47 Å². The number of hydrogen-bond donors (Lipinski definition) is 1. The van der Waals surface area contributed by atoms with Crippen molar-refractivity contribution < 1.29 is 24.2 Å². The fourth-order valence-corrected chi connectivity index (χ4v) is 2.36. The molecule has 104 valence electrons. The van der Waals surface area contributed by atoms with Crippen molar-refractivity contribution in [1.29, 1.82) is 0 Å². The van der Waals surface area contributed by atoms with Gasteiger partial charge >= 0.3 is 11.9 Å². The molecular weight excluding hydrogens is 328 g/mol. The lowest BCUT2D eigenvalue weighted by Crippen LogP contribution is -2.04. The first-order valence-corrected chi connectivity index (χ1v) is 6.50. The maximum absolute atomic E-state index is 11.1. The summed E-state index contributed by atoms with van der Waals surface area (Å²) in [7, 11) is 0. The van der Waals surface area contributed by atoms with Crippen molar-refractivity contribution in [3.05, 3.63) is 28.7 Å². The van der Waals surface area contributed by atoms with Crippen LogP contribution in [0.4, 0.5) is 0 Å². The van der Waals surface area contributed by atoms with Crippen LogP contribution in [0.5, 0.6) is 17.2 Å².